The molecule has 0 aromatic rings. The number of fused-ring (bicyclic) bond motifs is 1. The number of carbonyl (C=O) groups is 1. The third-order valence-electron chi connectivity index (χ3n) is 7.84. The van der Waals surface area contributed by atoms with Crippen LogP contribution in [0.15, 0.2) is 0 Å². The highest BCUT2D eigenvalue weighted by Crippen LogP contribution is 2.93. The molecule has 0 N–H and O–H groups in total. The van der Waals surface area contributed by atoms with Gasteiger partial charge in [0.2, 0.25) is 0 Å². The van der Waals surface area contributed by atoms with Crippen molar-refractivity contribution >= 4 is 5.97 Å². The van der Waals surface area contributed by atoms with Gasteiger partial charge in [-0.25, -0.2) is 0 Å². The molecule has 5 aliphatic rings. The number of hydrogen-bond donors (Lipinski definition) is 0. The van der Waals surface area contributed by atoms with E-state index in [1.807, 2.05) is 0 Å². The van der Waals surface area contributed by atoms with Gasteiger partial charge >= 0.3 is 17.7 Å². The van der Waals surface area contributed by atoms with E-state index < -0.39 is 23.3 Å². The minimum Gasteiger partial charge on any atom is -0.466 e. The molecular weight excluding hydrogens is 424 g/mol. The summed E-state index contributed by atoms with van der Waals surface area (Å²) in [5.41, 5.74) is 0. The molecule has 2 spiro atoms. The Bertz CT molecular complexity index is 690. The summed E-state index contributed by atoms with van der Waals surface area (Å²) in [6.45, 7) is 2.70. The Hall–Kier alpha value is -0.730. The van der Waals surface area contributed by atoms with E-state index in [1.54, 1.807) is 0 Å². The van der Waals surface area contributed by atoms with Crippen LogP contribution in [-0.4, -0.2) is 42.0 Å². The van der Waals surface area contributed by atoms with Crippen LogP contribution in [0.1, 0.15) is 122 Å². The molecule has 0 aliphatic carbocycles. The molecule has 7 heteroatoms. The zero-order valence-electron chi connectivity index (χ0n) is 20.4. The molecule has 0 bridgehead atoms. The number of rotatable bonds is 20. The van der Waals surface area contributed by atoms with E-state index in [2.05, 4.69) is 6.92 Å². The molecule has 7 nitrogen and oxygen atoms in total. The zero-order valence-corrected chi connectivity index (χ0v) is 20.4. The van der Waals surface area contributed by atoms with Gasteiger partial charge in [0, 0.05) is 6.42 Å². The van der Waals surface area contributed by atoms with Gasteiger partial charge in [-0.05, 0) is 19.3 Å². The van der Waals surface area contributed by atoms with Crippen molar-refractivity contribution in [1.82, 2.24) is 0 Å². The summed E-state index contributed by atoms with van der Waals surface area (Å²) in [5.74, 6) is -2.57. The second kappa shape index (κ2) is 9.73. The summed E-state index contributed by atoms with van der Waals surface area (Å²) < 4.78 is 33.1. The highest BCUT2D eigenvalue weighted by molar-refractivity contribution is 5.69. The Kier molecular flexibility index (Phi) is 7.07. The van der Waals surface area contributed by atoms with Crippen LogP contribution in [0.3, 0.4) is 0 Å². The number of unbranched alkanes of at least 4 members (excludes halogenated alkanes) is 14. The van der Waals surface area contributed by atoms with Crippen LogP contribution >= 0.6 is 0 Å². The first-order valence-electron chi connectivity index (χ1n) is 13.8. The summed E-state index contributed by atoms with van der Waals surface area (Å²) in [5, 5.41) is 0. The maximum Gasteiger partial charge on any atom is 0.355 e. The van der Waals surface area contributed by atoms with E-state index in [-0.39, 0.29) is 12.1 Å². The third-order valence-corrected chi connectivity index (χ3v) is 7.84. The normalized spacial score (nSPS) is 38.0. The first-order chi connectivity index (χ1) is 16.1. The molecule has 0 radical (unpaired) electrons. The maximum absolute atomic E-state index is 11.5. The minimum atomic E-state index is -0.723. The predicted octanol–water partition coefficient (Wildman–Crippen LogP) is 5.83. The molecule has 0 saturated carbocycles. The molecule has 0 amide bonds. The lowest BCUT2D eigenvalue weighted by molar-refractivity contribution is -0.166. The van der Waals surface area contributed by atoms with E-state index in [4.69, 9.17) is 28.4 Å². The van der Waals surface area contributed by atoms with Crippen molar-refractivity contribution in [3.8, 4) is 0 Å². The van der Waals surface area contributed by atoms with Crippen LogP contribution in [0.2, 0.25) is 0 Å². The van der Waals surface area contributed by atoms with Crippen LogP contribution in [0.5, 0.6) is 0 Å². The second-order valence-electron chi connectivity index (χ2n) is 10.5. The van der Waals surface area contributed by atoms with Crippen molar-refractivity contribution in [2.75, 3.05) is 6.61 Å². The van der Waals surface area contributed by atoms with Crippen molar-refractivity contribution in [3.63, 3.8) is 0 Å². The van der Waals surface area contributed by atoms with Crippen LogP contribution in [0.4, 0.5) is 0 Å². The van der Waals surface area contributed by atoms with Crippen molar-refractivity contribution in [3.05, 3.63) is 0 Å². The molecule has 5 rings (SSSR count). The Labute approximate surface area is 198 Å². The summed E-state index contributed by atoms with van der Waals surface area (Å²) in [4.78, 5) is 11.5. The highest BCUT2D eigenvalue weighted by atomic mass is 17.3. The number of epoxide rings is 4. The van der Waals surface area contributed by atoms with Crippen molar-refractivity contribution in [2.45, 2.75) is 152 Å². The fraction of sp³-hybridized carbons (Fsp3) is 0.962. The van der Waals surface area contributed by atoms with Gasteiger partial charge in [-0.1, -0.05) is 96.8 Å². The van der Waals surface area contributed by atoms with E-state index in [9.17, 15) is 4.79 Å². The van der Waals surface area contributed by atoms with Crippen LogP contribution in [-0.2, 0) is 33.2 Å². The zero-order chi connectivity index (χ0) is 22.8. The molecular formula is C26H42O7. The first kappa shape index (κ1) is 24.0. The Balaban J connectivity index is 0.734. The van der Waals surface area contributed by atoms with Crippen molar-refractivity contribution in [2.24, 2.45) is 0 Å². The molecule has 3 atom stereocenters. The van der Waals surface area contributed by atoms with E-state index in [0.717, 1.165) is 32.1 Å². The second-order valence-corrected chi connectivity index (χ2v) is 10.5. The van der Waals surface area contributed by atoms with Gasteiger partial charge in [-0.2, -0.15) is 0 Å². The SMILES string of the molecule is CCCCOC(=O)CCCCCCCCCCCCCCCCC1OC12OC21OC23OC21O3. The van der Waals surface area contributed by atoms with Gasteiger partial charge in [0.15, 0.2) is 0 Å². The van der Waals surface area contributed by atoms with Crippen LogP contribution in [0.25, 0.3) is 0 Å². The fourth-order valence-corrected chi connectivity index (χ4v) is 5.49. The highest BCUT2D eigenvalue weighted by Gasteiger charge is 3.23. The summed E-state index contributed by atoms with van der Waals surface area (Å²) in [6.07, 6.45) is 21.8. The fourth-order valence-electron chi connectivity index (χ4n) is 5.49. The molecule has 5 saturated heterocycles. The molecule has 5 aliphatic heterocycles. The Morgan fingerprint density at radius 3 is 1.76 bits per heavy atom. The molecule has 3 unspecified atom stereocenters. The van der Waals surface area contributed by atoms with Crippen molar-refractivity contribution in [1.29, 1.82) is 0 Å². The van der Waals surface area contributed by atoms with Crippen molar-refractivity contribution < 1.29 is 33.2 Å². The lowest BCUT2D eigenvalue weighted by Crippen LogP contribution is -2.41. The van der Waals surface area contributed by atoms with E-state index >= 15 is 0 Å². The topological polar surface area (TPSA) is 85.7 Å². The lowest BCUT2D eigenvalue weighted by atomic mass is 10.0. The lowest BCUT2D eigenvalue weighted by Gasteiger charge is -2.08. The standard InChI is InChI=1S/C26H42O7/c1-2-3-20-28-22(27)19-17-15-13-11-9-7-5-4-6-8-10-12-14-16-18-21-23(29-21)24(30-23)25-26(31-24,32-25)33-25/h21H,2-20H2,1H3. The van der Waals surface area contributed by atoms with E-state index in [1.165, 1.54) is 77.0 Å². The molecule has 33 heavy (non-hydrogen) atoms. The number of carbonyl (C=O) groups excluding carboxylic acids is 1. The van der Waals surface area contributed by atoms with Crippen LogP contribution < -0.4 is 0 Å². The van der Waals surface area contributed by atoms with Crippen LogP contribution in [0, 0.1) is 0 Å². The summed E-state index contributed by atoms with van der Waals surface area (Å²) in [6, 6.07) is 0. The molecule has 188 valence electrons. The Morgan fingerprint density at radius 1 is 0.697 bits per heavy atom. The van der Waals surface area contributed by atoms with Gasteiger partial charge in [0.05, 0.1) is 6.61 Å². The molecule has 5 heterocycles. The van der Waals surface area contributed by atoms with Gasteiger partial charge in [0.1, 0.15) is 6.10 Å². The summed E-state index contributed by atoms with van der Waals surface area (Å²) >= 11 is 0. The van der Waals surface area contributed by atoms with E-state index in [0.29, 0.717) is 13.0 Å². The minimum absolute atomic E-state index is 0.0171. The Morgan fingerprint density at radius 2 is 1.24 bits per heavy atom. The quantitative estimate of drug-likeness (QED) is 0.127. The number of ether oxygens (including phenoxy) is 6. The van der Waals surface area contributed by atoms with Gasteiger partial charge in [-0.3, -0.25) is 23.7 Å². The summed E-state index contributed by atoms with van der Waals surface area (Å²) in [7, 11) is 0. The largest absolute Gasteiger partial charge is 0.466 e. The molecule has 0 aromatic carbocycles. The average molecular weight is 467 g/mol. The smallest absolute Gasteiger partial charge is 0.355 e. The molecule has 0 aromatic heterocycles. The van der Waals surface area contributed by atoms with Gasteiger partial charge in [-0.15, -0.1) is 0 Å². The van der Waals surface area contributed by atoms with Gasteiger partial charge < -0.3 is 9.47 Å². The number of hydrogen-bond acceptors (Lipinski definition) is 7. The average Bonchev–Trinajstić information content (AvgIpc) is 3.71. The monoisotopic (exact) mass is 466 g/mol. The first-order valence-corrected chi connectivity index (χ1v) is 13.8. The van der Waals surface area contributed by atoms with Gasteiger partial charge in [0.25, 0.3) is 11.6 Å². The third kappa shape index (κ3) is 4.49. The predicted molar refractivity (Wildman–Crippen MR) is 120 cm³/mol. The molecule has 5 fully saturated rings. The maximum atomic E-state index is 11.5. The number of esters is 1.